The molecule has 2 nitrogen and oxygen atoms in total. The lowest BCUT2D eigenvalue weighted by Gasteiger charge is -2.27. The number of unbranched alkanes of at least 4 members (excludes halogenated alkanes) is 7. The van der Waals surface area contributed by atoms with E-state index in [1.165, 1.54) is 70.6 Å². The zero-order valence-electron chi connectivity index (χ0n) is 15.0. The first kappa shape index (κ1) is 19.0. The lowest BCUT2D eigenvalue weighted by Crippen LogP contribution is -2.21. The maximum Gasteiger partial charge on any atom is 0.143 e. The molecule has 0 aliphatic rings. The van der Waals surface area contributed by atoms with E-state index in [-0.39, 0.29) is 5.41 Å². The van der Waals surface area contributed by atoms with Crippen molar-refractivity contribution in [2.45, 2.75) is 96.8 Å². The van der Waals surface area contributed by atoms with Crippen molar-refractivity contribution in [2.24, 2.45) is 0 Å². The third-order valence-corrected chi connectivity index (χ3v) is 4.75. The molecule has 0 aliphatic carbocycles. The Morgan fingerprint density at radius 3 is 2.05 bits per heavy atom. The highest BCUT2D eigenvalue weighted by Gasteiger charge is 2.30. The molecule has 0 aliphatic heterocycles. The molecule has 0 spiro atoms. The van der Waals surface area contributed by atoms with Gasteiger partial charge in [0.2, 0.25) is 0 Å². The van der Waals surface area contributed by atoms with Crippen LogP contribution in [0.4, 0.5) is 0 Å². The minimum Gasteiger partial charge on any atom is -0.360 e. The monoisotopic (exact) mass is 305 g/mol. The molecular formula is C20H35NO. The third kappa shape index (κ3) is 6.37. The molecule has 1 heterocycles. The van der Waals surface area contributed by atoms with Gasteiger partial charge in [0.15, 0.2) is 0 Å². The Bertz CT molecular complexity index is 410. The van der Waals surface area contributed by atoms with Crippen LogP contribution in [0.2, 0.25) is 0 Å². The van der Waals surface area contributed by atoms with Crippen molar-refractivity contribution in [2.75, 3.05) is 0 Å². The molecule has 0 radical (unpaired) electrons. The summed E-state index contributed by atoms with van der Waals surface area (Å²) < 4.78 is 5.63. The molecule has 1 aromatic rings. The van der Waals surface area contributed by atoms with Crippen molar-refractivity contribution in [3.63, 3.8) is 0 Å². The molecule has 126 valence electrons. The topological polar surface area (TPSA) is 26.0 Å². The van der Waals surface area contributed by atoms with Gasteiger partial charge in [0.25, 0.3) is 0 Å². The lowest BCUT2D eigenvalue weighted by atomic mass is 9.77. The Hall–Kier alpha value is -1.05. The summed E-state index contributed by atoms with van der Waals surface area (Å²) in [5, 5.41) is 4.11. The summed E-state index contributed by atoms with van der Waals surface area (Å²) in [5.74, 6) is 1.05. The maximum atomic E-state index is 5.63. The first-order chi connectivity index (χ1) is 10.7. The van der Waals surface area contributed by atoms with Gasteiger partial charge in [-0.15, -0.1) is 0 Å². The van der Waals surface area contributed by atoms with E-state index in [2.05, 4.69) is 38.6 Å². The van der Waals surface area contributed by atoms with Crippen molar-refractivity contribution < 1.29 is 4.52 Å². The van der Waals surface area contributed by atoms with Crippen LogP contribution in [0.1, 0.15) is 103 Å². The van der Waals surface area contributed by atoms with Gasteiger partial charge >= 0.3 is 0 Å². The van der Waals surface area contributed by atoms with Crippen LogP contribution in [-0.2, 0) is 5.41 Å². The molecule has 0 saturated carbocycles. The predicted molar refractivity (Wildman–Crippen MR) is 96.1 cm³/mol. The zero-order chi connectivity index (χ0) is 16.3. The fourth-order valence-electron chi connectivity index (χ4n) is 3.10. The van der Waals surface area contributed by atoms with Crippen molar-refractivity contribution in [3.8, 4) is 0 Å². The first-order valence-electron chi connectivity index (χ1n) is 9.26. The average Bonchev–Trinajstić information content (AvgIpc) is 3.01. The third-order valence-electron chi connectivity index (χ3n) is 4.75. The van der Waals surface area contributed by atoms with Gasteiger partial charge in [-0.2, -0.15) is 0 Å². The van der Waals surface area contributed by atoms with Crippen LogP contribution < -0.4 is 0 Å². The Morgan fingerprint density at radius 2 is 1.55 bits per heavy atom. The molecular weight excluding hydrogens is 270 g/mol. The highest BCUT2D eigenvalue weighted by molar-refractivity contribution is 5.41. The molecule has 1 atom stereocenters. The average molecular weight is 306 g/mol. The van der Waals surface area contributed by atoms with Crippen LogP contribution >= 0.6 is 0 Å². The SMILES string of the molecule is C=Cc1cc(C(C)(CCCCCC)CCCCCCC)on1. The van der Waals surface area contributed by atoms with Crippen LogP contribution in [0.3, 0.4) is 0 Å². The Morgan fingerprint density at radius 1 is 1.00 bits per heavy atom. The molecule has 1 rings (SSSR count). The molecule has 0 N–H and O–H groups in total. The molecule has 2 heteroatoms. The van der Waals surface area contributed by atoms with Crippen molar-refractivity contribution in [1.29, 1.82) is 0 Å². The van der Waals surface area contributed by atoms with Gasteiger partial charge < -0.3 is 4.52 Å². The standard InChI is InChI=1S/C20H35NO/c1-5-8-10-12-14-16-20(4,15-13-11-9-6-2)19-17-18(7-3)21-22-19/h7,17H,3,5-6,8-16H2,1-2,4H3. The quantitative estimate of drug-likeness (QED) is 0.370. The van der Waals surface area contributed by atoms with Crippen molar-refractivity contribution in [1.82, 2.24) is 5.16 Å². The van der Waals surface area contributed by atoms with E-state index in [0.29, 0.717) is 0 Å². The van der Waals surface area contributed by atoms with E-state index in [1.807, 2.05) is 0 Å². The second-order valence-electron chi connectivity index (χ2n) is 6.86. The zero-order valence-corrected chi connectivity index (χ0v) is 15.0. The minimum atomic E-state index is 0.133. The smallest absolute Gasteiger partial charge is 0.143 e. The second-order valence-corrected chi connectivity index (χ2v) is 6.86. The summed E-state index contributed by atoms with van der Waals surface area (Å²) in [4.78, 5) is 0. The molecule has 0 aromatic carbocycles. The van der Waals surface area contributed by atoms with E-state index in [0.717, 1.165) is 11.5 Å². The van der Waals surface area contributed by atoms with Crippen LogP contribution in [0.25, 0.3) is 6.08 Å². The second kappa shape index (κ2) is 10.6. The van der Waals surface area contributed by atoms with Gasteiger partial charge in [-0.3, -0.25) is 0 Å². The molecule has 22 heavy (non-hydrogen) atoms. The summed E-state index contributed by atoms with van der Waals surface area (Å²) >= 11 is 0. The summed E-state index contributed by atoms with van der Waals surface area (Å²) in [5.41, 5.74) is 0.995. The Labute approximate surface area is 137 Å². The Balaban J connectivity index is 2.60. The summed E-state index contributed by atoms with van der Waals surface area (Å²) in [7, 11) is 0. The van der Waals surface area contributed by atoms with Gasteiger partial charge in [0, 0.05) is 11.5 Å². The maximum absolute atomic E-state index is 5.63. The number of hydrogen-bond donors (Lipinski definition) is 0. The van der Waals surface area contributed by atoms with Crippen LogP contribution in [0.15, 0.2) is 17.2 Å². The van der Waals surface area contributed by atoms with Gasteiger partial charge in [-0.1, -0.05) is 90.3 Å². The predicted octanol–water partition coefficient (Wildman–Crippen LogP) is 6.91. The molecule has 0 bridgehead atoms. The van der Waals surface area contributed by atoms with E-state index < -0.39 is 0 Å². The molecule has 0 fully saturated rings. The minimum absolute atomic E-state index is 0.133. The van der Waals surface area contributed by atoms with Crippen molar-refractivity contribution >= 4 is 6.08 Å². The summed E-state index contributed by atoms with van der Waals surface area (Å²) in [6.07, 6.45) is 16.0. The highest BCUT2D eigenvalue weighted by atomic mass is 16.5. The number of hydrogen-bond acceptors (Lipinski definition) is 2. The molecule has 0 amide bonds. The number of nitrogens with zero attached hydrogens (tertiary/aromatic N) is 1. The molecule has 1 aromatic heterocycles. The van der Waals surface area contributed by atoms with E-state index >= 15 is 0 Å². The van der Waals surface area contributed by atoms with Crippen molar-refractivity contribution in [3.05, 3.63) is 24.1 Å². The molecule has 1 unspecified atom stereocenters. The van der Waals surface area contributed by atoms with Gasteiger partial charge in [-0.25, -0.2) is 0 Å². The fraction of sp³-hybridized carbons (Fsp3) is 0.750. The number of aromatic nitrogens is 1. The normalized spacial score (nSPS) is 14.0. The van der Waals surface area contributed by atoms with Gasteiger partial charge in [-0.05, 0) is 18.9 Å². The van der Waals surface area contributed by atoms with Crippen LogP contribution in [-0.4, -0.2) is 5.16 Å². The summed E-state index contributed by atoms with van der Waals surface area (Å²) in [6, 6.07) is 2.08. The van der Waals surface area contributed by atoms with Crippen LogP contribution in [0, 0.1) is 0 Å². The first-order valence-corrected chi connectivity index (χ1v) is 9.26. The van der Waals surface area contributed by atoms with E-state index in [1.54, 1.807) is 6.08 Å². The van der Waals surface area contributed by atoms with Crippen LogP contribution in [0.5, 0.6) is 0 Å². The van der Waals surface area contributed by atoms with Gasteiger partial charge in [0.1, 0.15) is 11.5 Å². The fourth-order valence-corrected chi connectivity index (χ4v) is 3.10. The summed E-state index contributed by atoms with van der Waals surface area (Å²) in [6.45, 7) is 10.7. The largest absolute Gasteiger partial charge is 0.360 e. The molecule has 0 saturated heterocycles. The van der Waals surface area contributed by atoms with Gasteiger partial charge in [0.05, 0.1) is 0 Å². The Kier molecular flexibility index (Phi) is 9.19. The highest BCUT2D eigenvalue weighted by Crippen LogP contribution is 2.36. The number of rotatable bonds is 13. The van der Waals surface area contributed by atoms with E-state index in [4.69, 9.17) is 4.52 Å². The van der Waals surface area contributed by atoms with E-state index in [9.17, 15) is 0 Å². The lowest BCUT2D eigenvalue weighted by molar-refractivity contribution is 0.263.